The van der Waals surface area contributed by atoms with E-state index in [1.165, 1.54) is 12.0 Å². The molecule has 15 heavy (non-hydrogen) atoms. The first-order valence-electron chi connectivity index (χ1n) is 5.20. The minimum atomic E-state index is 0.739. The van der Waals surface area contributed by atoms with Crippen LogP contribution in [0, 0.1) is 0 Å². The highest BCUT2D eigenvalue weighted by Crippen LogP contribution is 2.10. The van der Waals surface area contributed by atoms with Crippen molar-refractivity contribution >= 4 is 23.4 Å². The van der Waals surface area contributed by atoms with Crippen molar-refractivity contribution in [2.24, 2.45) is 0 Å². The fourth-order valence-corrected chi connectivity index (χ4v) is 1.74. The van der Waals surface area contributed by atoms with Gasteiger partial charge in [-0.05, 0) is 36.9 Å². The number of thioether (sulfide) groups is 1. The minimum Gasteiger partial charge on any atom is -0.313 e. The van der Waals surface area contributed by atoms with Gasteiger partial charge in [0.1, 0.15) is 0 Å². The minimum absolute atomic E-state index is 0.739. The summed E-state index contributed by atoms with van der Waals surface area (Å²) in [5.74, 6) is 0. The van der Waals surface area contributed by atoms with Crippen LogP contribution in [0.1, 0.15) is 18.9 Å². The Morgan fingerprint density at radius 2 is 2.00 bits per heavy atom. The predicted octanol–water partition coefficient (Wildman–Crippen LogP) is 3.57. The van der Waals surface area contributed by atoms with Crippen LogP contribution in [0.4, 0.5) is 0 Å². The number of hydrogen-bond acceptors (Lipinski definition) is 2. The van der Waals surface area contributed by atoms with Crippen LogP contribution in [0.3, 0.4) is 0 Å². The Morgan fingerprint density at radius 1 is 1.33 bits per heavy atom. The summed E-state index contributed by atoms with van der Waals surface area (Å²) in [6, 6.07) is 7.99. The first-order valence-corrected chi connectivity index (χ1v) is 6.87. The van der Waals surface area contributed by atoms with Gasteiger partial charge in [-0.2, -0.15) is 11.8 Å². The third-order valence-corrected chi connectivity index (χ3v) is 3.66. The number of nitrogens with one attached hydrogen (secondary N) is 1. The van der Waals surface area contributed by atoms with E-state index in [0.717, 1.165) is 23.4 Å². The van der Waals surface area contributed by atoms with E-state index < -0.39 is 0 Å². The van der Waals surface area contributed by atoms with Crippen LogP contribution < -0.4 is 5.32 Å². The van der Waals surface area contributed by atoms with Crippen molar-refractivity contribution in [1.82, 2.24) is 5.32 Å². The zero-order valence-electron chi connectivity index (χ0n) is 9.29. The molecule has 1 nitrogen and oxygen atoms in total. The molecule has 0 saturated heterocycles. The van der Waals surface area contributed by atoms with Crippen LogP contribution in [0.15, 0.2) is 24.3 Å². The summed E-state index contributed by atoms with van der Waals surface area (Å²) in [6.07, 6.45) is 3.37. The second-order valence-corrected chi connectivity index (χ2v) is 5.35. The molecule has 0 aliphatic rings. The lowest BCUT2D eigenvalue weighted by Crippen LogP contribution is -2.17. The molecule has 0 spiro atoms. The Hall–Kier alpha value is -0.180. The van der Waals surface area contributed by atoms with Crippen molar-refractivity contribution < 1.29 is 0 Å². The molecule has 1 aromatic rings. The van der Waals surface area contributed by atoms with Gasteiger partial charge in [0.05, 0.1) is 0 Å². The molecule has 0 bridgehead atoms. The average molecular weight is 244 g/mol. The maximum Gasteiger partial charge on any atom is 0.0406 e. The molecule has 1 N–H and O–H groups in total. The topological polar surface area (TPSA) is 12.0 Å². The van der Waals surface area contributed by atoms with E-state index >= 15 is 0 Å². The highest BCUT2D eigenvalue weighted by Gasteiger charge is 1.98. The van der Waals surface area contributed by atoms with Crippen molar-refractivity contribution in [3.63, 3.8) is 0 Å². The van der Waals surface area contributed by atoms with Gasteiger partial charge in [0.15, 0.2) is 0 Å². The molecule has 3 heteroatoms. The van der Waals surface area contributed by atoms with Crippen LogP contribution in [0.25, 0.3) is 0 Å². The molecule has 0 amide bonds. The van der Waals surface area contributed by atoms with Crippen LogP contribution in [-0.2, 0) is 6.54 Å². The zero-order valence-corrected chi connectivity index (χ0v) is 10.9. The lowest BCUT2D eigenvalue weighted by Gasteiger charge is -2.09. The molecular weight excluding hydrogens is 226 g/mol. The largest absolute Gasteiger partial charge is 0.313 e. The summed E-state index contributed by atoms with van der Waals surface area (Å²) in [5.41, 5.74) is 1.29. The van der Waals surface area contributed by atoms with Gasteiger partial charge in [0.25, 0.3) is 0 Å². The number of halogens is 1. The van der Waals surface area contributed by atoms with E-state index in [1.807, 2.05) is 23.9 Å². The third kappa shape index (κ3) is 5.45. The smallest absolute Gasteiger partial charge is 0.0406 e. The molecule has 84 valence electrons. The molecule has 0 aliphatic carbocycles. The molecule has 1 atom stereocenters. The summed E-state index contributed by atoms with van der Waals surface area (Å²) >= 11 is 7.73. The second-order valence-electron chi connectivity index (χ2n) is 3.64. The summed E-state index contributed by atoms with van der Waals surface area (Å²) in [5, 5.41) is 4.97. The third-order valence-electron chi connectivity index (χ3n) is 2.37. The average Bonchev–Trinajstić information content (AvgIpc) is 2.26. The Bertz CT molecular complexity index is 273. The van der Waals surface area contributed by atoms with E-state index in [2.05, 4.69) is 30.6 Å². The quantitative estimate of drug-likeness (QED) is 0.767. The van der Waals surface area contributed by atoms with Crippen molar-refractivity contribution in [3.05, 3.63) is 34.9 Å². The fraction of sp³-hybridized carbons (Fsp3) is 0.500. The van der Waals surface area contributed by atoms with E-state index in [0.29, 0.717) is 0 Å². The molecule has 0 fully saturated rings. The Morgan fingerprint density at radius 3 is 2.60 bits per heavy atom. The SMILES string of the molecule is CSC(C)CCNCc1ccc(Cl)cc1. The Balaban J connectivity index is 2.17. The van der Waals surface area contributed by atoms with Crippen molar-refractivity contribution in [3.8, 4) is 0 Å². The summed E-state index contributed by atoms with van der Waals surface area (Å²) in [7, 11) is 0. The number of hydrogen-bond donors (Lipinski definition) is 1. The van der Waals surface area contributed by atoms with E-state index in [1.54, 1.807) is 0 Å². The van der Waals surface area contributed by atoms with E-state index in [4.69, 9.17) is 11.6 Å². The molecule has 1 unspecified atom stereocenters. The first kappa shape index (κ1) is 12.9. The Kier molecular flexibility index (Phi) is 6.15. The number of rotatable bonds is 6. The fourth-order valence-electron chi connectivity index (χ4n) is 1.26. The normalized spacial score (nSPS) is 12.7. The number of benzene rings is 1. The van der Waals surface area contributed by atoms with Gasteiger partial charge in [-0.1, -0.05) is 30.7 Å². The molecule has 1 aromatic carbocycles. The van der Waals surface area contributed by atoms with E-state index in [-0.39, 0.29) is 0 Å². The molecule has 0 radical (unpaired) electrons. The van der Waals surface area contributed by atoms with Crippen molar-refractivity contribution in [2.75, 3.05) is 12.8 Å². The lowest BCUT2D eigenvalue weighted by atomic mass is 10.2. The Labute approximate surface area is 102 Å². The highest BCUT2D eigenvalue weighted by atomic mass is 35.5. The highest BCUT2D eigenvalue weighted by molar-refractivity contribution is 7.99. The second kappa shape index (κ2) is 7.15. The molecule has 0 aliphatic heterocycles. The lowest BCUT2D eigenvalue weighted by molar-refractivity contribution is 0.648. The van der Waals surface area contributed by atoms with Gasteiger partial charge in [-0.3, -0.25) is 0 Å². The van der Waals surface area contributed by atoms with Crippen molar-refractivity contribution in [1.29, 1.82) is 0 Å². The monoisotopic (exact) mass is 243 g/mol. The molecule has 0 aromatic heterocycles. The predicted molar refractivity (Wildman–Crippen MR) is 70.8 cm³/mol. The maximum absolute atomic E-state index is 5.81. The molecule has 0 heterocycles. The summed E-state index contributed by atoms with van der Waals surface area (Å²) in [4.78, 5) is 0. The van der Waals surface area contributed by atoms with Crippen molar-refractivity contribution in [2.45, 2.75) is 25.1 Å². The van der Waals surface area contributed by atoms with Gasteiger partial charge in [-0.15, -0.1) is 0 Å². The maximum atomic E-state index is 5.81. The molecular formula is C12H18ClNS. The van der Waals surface area contributed by atoms with Gasteiger partial charge in [0, 0.05) is 16.8 Å². The van der Waals surface area contributed by atoms with Gasteiger partial charge in [0.2, 0.25) is 0 Å². The van der Waals surface area contributed by atoms with Gasteiger partial charge < -0.3 is 5.32 Å². The summed E-state index contributed by atoms with van der Waals surface area (Å²) < 4.78 is 0. The van der Waals surface area contributed by atoms with Crippen LogP contribution >= 0.6 is 23.4 Å². The van der Waals surface area contributed by atoms with Gasteiger partial charge in [-0.25, -0.2) is 0 Å². The van der Waals surface area contributed by atoms with Gasteiger partial charge >= 0.3 is 0 Å². The van der Waals surface area contributed by atoms with Crippen LogP contribution in [0.5, 0.6) is 0 Å². The zero-order chi connectivity index (χ0) is 11.1. The van der Waals surface area contributed by atoms with Crippen LogP contribution in [-0.4, -0.2) is 18.1 Å². The molecule has 0 saturated carbocycles. The summed E-state index contributed by atoms with van der Waals surface area (Å²) in [6.45, 7) is 4.26. The van der Waals surface area contributed by atoms with Crippen LogP contribution in [0.2, 0.25) is 5.02 Å². The molecule has 1 rings (SSSR count). The first-order chi connectivity index (χ1) is 7.22. The standard InChI is InChI=1S/C12H18ClNS/c1-10(15-2)7-8-14-9-11-3-5-12(13)6-4-11/h3-6,10,14H,7-9H2,1-2H3. The van der Waals surface area contributed by atoms with E-state index in [9.17, 15) is 0 Å².